The molecule has 2 aliphatic rings. The number of hydrogen-bond donors (Lipinski definition) is 1. The molecule has 1 N–H and O–H groups in total. The van der Waals surface area contributed by atoms with Crippen molar-refractivity contribution < 1.29 is 9.84 Å². The summed E-state index contributed by atoms with van der Waals surface area (Å²) in [6.07, 6.45) is 5.83. The summed E-state index contributed by atoms with van der Waals surface area (Å²) in [7, 11) is 0. The highest BCUT2D eigenvalue weighted by Gasteiger charge is 2.42. The van der Waals surface area contributed by atoms with Crippen LogP contribution in [-0.4, -0.2) is 22.9 Å². The van der Waals surface area contributed by atoms with Crippen molar-refractivity contribution in [3.63, 3.8) is 0 Å². The summed E-state index contributed by atoms with van der Waals surface area (Å²) in [5.41, 5.74) is -0.113. The minimum atomic E-state index is -0.131. The fourth-order valence-electron chi connectivity index (χ4n) is 2.82. The number of fused-ring (bicyclic) bond motifs is 1. The van der Waals surface area contributed by atoms with Crippen molar-refractivity contribution in [2.24, 2.45) is 5.92 Å². The highest BCUT2D eigenvalue weighted by atomic mass is 16.5. The van der Waals surface area contributed by atoms with E-state index in [1.165, 1.54) is 12.8 Å². The molecule has 2 rings (SSSR count). The van der Waals surface area contributed by atoms with Gasteiger partial charge in [0.15, 0.2) is 0 Å². The summed E-state index contributed by atoms with van der Waals surface area (Å²) in [4.78, 5) is 0. The summed E-state index contributed by atoms with van der Waals surface area (Å²) in [5.74, 6) is 0.418. The third-order valence-electron chi connectivity index (χ3n) is 3.42. The van der Waals surface area contributed by atoms with Gasteiger partial charge < -0.3 is 9.84 Å². The Bertz CT molecular complexity index is 189. The van der Waals surface area contributed by atoms with E-state index in [0.717, 1.165) is 19.3 Å². The zero-order chi connectivity index (χ0) is 9.47. The molecule has 1 saturated heterocycles. The normalized spacial score (nSPS) is 44.1. The third kappa shape index (κ3) is 1.89. The predicted molar refractivity (Wildman–Crippen MR) is 51.5 cm³/mol. The molecule has 0 unspecified atom stereocenters. The molecule has 0 aromatic heterocycles. The van der Waals surface area contributed by atoms with E-state index in [1.807, 2.05) is 0 Å². The van der Waals surface area contributed by atoms with E-state index in [1.54, 1.807) is 0 Å². The molecule has 3 atom stereocenters. The van der Waals surface area contributed by atoms with Crippen molar-refractivity contribution in [2.75, 3.05) is 0 Å². The Morgan fingerprint density at radius 1 is 1.23 bits per heavy atom. The Morgan fingerprint density at radius 3 is 2.69 bits per heavy atom. The number of ether oxygens (including phenoxy) is 1. The van der Waals surface area contributed by atoms with Crippen molar-refractivity contribution >= 4 is 0 Å². The van der Waals surface area contributed by atoms with Gasteiger partial charge in [0.05, 0.1) is 17.8 Å². The molecule has 1 saturated carbocycles. The molecular weight excluding hydrogens is 164 g/mol. The van der Waals surface area contributed by atoms with Crippen LogP contribution in [0.1, 0.15) is 46.0 Å². The molecule has 1 aliphatic carbocycles. The fourth-order valence-corrected chi connectivity index (χ4v) is 2.82. The Morgan fingerprint density at radius 2 is 1.92 bits per heavy atom. The molecule has 0 aromatic carbocycles. The van der Waals surface area contributed by atoms with E-state index < -0.39 is 0 Å². The molecule has 1 heterocycles. The molecule has 0 aromatic rings. The largest absolute Gasteiger partial charge is 0.393 e. The van der Waals surface area contributed by atoms with Crippen LogP contribution in [-0.2, 0) is 4.74 Å². The molecule has 0 amide bonds. The summed E-state index contributed by atoms with van der Waals surface area (Å²) < 4.78 is 5.99. The maximum atomic E-state index is 9.96. The lowest BCUT2D eigenvalue weighted by atomic mass is 9.76. The van der Waals surface area contributed by atoms with Crippen LogP contribution < -0.4 is 0 Å². The van der Waals surface area contributed by atoms with E-state index in [4.69, 9.17) is 4.74 Å². The van der Waals surface area contributed by atoms with Gasteiger partial charge in [-0.05, 0) is 26.7 Å². The molecule has 0 radical (unpaired) electrons. The second kappa shape index (κ2) is 3.25. The van der Waals surface area contributed by atoms with Crippen LogP contribution >= 0.6 is 0 Å². The van der Waals surface area contributed by atoms with Crippen molar-refractivity contribution in [1.82, 2.24) is 0 Å². The highest BCUT2D eigenvalue weighted by Crippen LogP contribution is 2.39. The van der Waals surface area contributed by atoms with Gasteiger partial charge in [0.1, 0.15) is 0 Å². The van der Waals surface area contributed by atoms with Crippen LogP contribution in [0.5, 0.6) is 0 Å². The first-order valence-electron chi connectivity index (χ1n) is 5.44. The maximum absolute atomic E-state index is 9.96. The molecule has 1 aliphatic heterocycles. The number of aliphatic hydroxyl groups excluding tert-OH is 1. The van der Waals surface area contributed by atoms with Gasteiger partial charge in [0.2, 0.25) is 0 Å². The Hall–Kier alpha value is -0.0800. The van der Waals surface area contributed by atoms with Crippen molar-refractivity contribution in [1.29, 1.82) is 0 Å². The van der Waals surface area contributed by atoms with Gasteiger partial charge in [-0.1, -0.05) is 12.8 Å². The van der Waals surface area contributed by atoms with E-state index in [9.17, 15) is 5.11 Å². The molecule has 13 heavy (non-hydrogen) atoms. The van der Waals surface area contributed by atoms with Crippen LogP contribution in [0.2, 0.25) is 0 Å². The molecule has 2 fully saturated rings. The zero-order valence-electron chi connectivity index (χ0n) is 8.62. The lowest BCUT2D eigenvalue weighted by Gasteiger charge is -2.46. The molecule has 2 nitrogen and oxygen atoms in total. The van der Waals surface area contributed by atoms with Crippen molar-refractivity contribution in [2.45, 2.75) is 63.8 Å². The average molecular weight is 184 g/mol. The van der Waals surface area contributed by atoms with Gasteiger partial charge in [-0.25, -0.2) is 0 Å². The van der Waals surface area contributed by atoms with Crippen LogP contribution in [0.25, 0.3) is 0 Å². The summed E-state index contributed by atoms with van der Waals surface area (Å²) in [6, 6.07) is 0. The highest BCUT2D eigenvalue weighted by molar-refractivity contribution is 4.91. The topological polar surface area (TPSA) is 29.5 Å². The molecule has 76 valence electrons. The van der Waals surface area contributed by atoms with E-state index in [0.29, 0.717) is 12.0 Å². The second-order valence-electron chi connectivity index (χ2n) is 5.14. The minimum absolute atomic E-state index is 0.113. The maximum Gasteiger partial charge on any atom is 0.0655 e. The first-order chi connectivity index (χ1) is 6.08. The SMILES string of the molecule is CC1(C)C[C@H](O)[C@H]2CCCC[C@H]2O1. The van der Waals surface area contributed by atoms with Gasteiger partial charge in [0, 0.05) is 12.3 Å². The monoisotopic (exact) mass is 184 g/mol. The molecule has 2 heteroatoms. The first-order valence-corrected chi connectivity index (χ1v) is 5.44. The Balaban J connectivity index is 2.07. The summed E-state index contributed by atoms with van der Waals surface area (Å²) in [5, 5.41) is 9.96. The lowest BCUT2D eigenvalue weighted by Crippen LogP contribution is -2.49. The van der Waals surface area contributed by atoms with Crippen LogP contribution in [0.4, 0.5) is 0 Å². The van der Waals surface area contributed by atoms with Crippen LogP contribution in [0.3, 0.4) is 0 Å². The number of aliphatic hydroxyl groups is 1. The third-order valence-corrected chi connectivity index (χ3v) is 3.42. The van der Waals surface area contributed by atoms with Gasteiger partial charge in [-0.2, -0.15) is 0 Å². The number of rotatable bonds is 0. The minimum Gasteiger partial charge on any atom is -0.393 e. The van der Waals surface area contributed by atoms with Crippen molar-refractivity contribution in [3.8, 4) is 0 Å². The standard InChI is InChI=1S/C11H20O2/c1-11(2)7-9(12)8-5-3-4-6-10(8)13-11/h8-10,12H,3-7H2,1-2H3/t8-,9+,10-/m1/s1. The van der Waals surface area contributed by atoms with E-state index >= 15 is 0 Å². The smallest absolute Gasteiger partial charge is 0.0655 e. The first kappa shape index (κ1) is 9.47. The van der Waals surface area contributed by atoms with Gasteiger partial charge in [-0.15, -0.1) is 0 Å². The zero-order valence-corrected chi connectivity index (χ0v) is 8.62. The second-order valence-corrected chi connectivity index (χ2v) is 5.14. The van der Waals surface area contributed by atoms with E-state index in [2.05, 4.69) is 13.8 Å². The lowest BCUT2D eigenvalue weighted by molar-refractivity contribution is -0.187. The Labute approximate surface area is 80.3 Å². The molecular formula is C11H20O2. The quantitative estimate of drug-likeness (QED) is 0.624. The fraction of sp³-hybridized carbons (Fsp3) is 1.00. The van der Waals surface area contributed by atoms with Gasteiger partial charge >= 0.3 is 0 Å². The summed E-state index contributed by atoms with van der Waals surface area (Å²) in [6.45, 7) is 4.17. The summed E-state index contributed by atoms with van der Waals surface area (Å²) >= 11 is 0. The van der Waals surface area contributed by atoms with E-state index in [-0.39, 0.29) is 11.7 Å². The van der Waals surface area contributed by atoms with Gasteiger partial charge in [0.25, 0.3) is 0 Å². The molecule has 0 bridgehead atoms. The predicted octanol–water partition coefficient (Wildman–Crippen LogP) is 2.10. The number of hydrogen-bond acceptors (Lipinski definition) is 2. The van der Waals surface area contributed by atoms with Gasteiger partial charge in [-0.3, -0.25) is 0 Å². The molecule has 0 spiro atoms. The van der Waals surface area contributed by atoms with Crippen molar-refractivity contribution in [3.05, 3.63) is 0 Å². The Kier molecular flexibility index (Phi) is 2.37. The average Bonchev–Trinajstić information content (AvgIpc) is 2.02. The van der Waals surface area contributed by atoms with Crippen LogP contribution in [0, 0.1) is 5.92 Å². The van der Waals surface area contributed by atoms with Crippen LogP contribution in [0.15, 0.2) is 0 Å².